The minimum atomic E-state index is -5.32. The highest BCUT2D eigenvalue weighted by Gasteiger charge is 2.08. The Morgan fingerprint density at radius 3 is 1.57 bits per heavy atom. The molecule has 0 aromatic heterocycles. The highest BCUT2D eigenvalue weighted by atomic mass is 32.2. The van der Waals surface area contributed by atoms with E-state index in [0.717, 1.165) is 0 Å². The fourth-order valence-electron chi connectivity index (χ4n) is 0. The molecule has 0 rings (SSSR count). The molecule has 0 aliphatic heterocycles. The molecule has 0 heterocycles. The first-order valence-electron chi connectivity index (χ1n) is 1.17. The van der Waals surface area contributed by atoms with Gasteiger partial charge in [0.2, 0.25) is 0 Å². The minimum absolute atomic E-state index is 3.78. The molecule has 0 spiro atoms. The lowest BCUT2D eigenvalue weighted by Gasteiger charge is -2.01. The van der Waals surface area contributed by atoms with Crippen molar-refractivity contribution in [3.8, 4) is 0 Å². The van der Waals surface area contributed by atoms with Gasteiger partial charge in [0.05, 0.1) is 0 Å². The summed E-state index contributed by atoms with van der Waals surface area (Å²) < 4.78 is 48.4. The van der Waals surface area contributed by atoms with Crippen molar-refractivity contribution in [1.29, 1.82) is 0 Å². The van der Waals surface area contributed by atoms with E-state index in [1.807, 2.05) is 0 Å². The topological polar surface area (TPSA) is 57.2 Å². The van der Waals surface area contributed by atoms with Gasteiger partial charge in [-0.2, -0.15) is 8.78 Å². The van der Waals surface area contributed by atoms with Crippen LogP contribution in [0.15, 0.2) is 0 Å². The van der Waals surface area contributed by atoms with Gasteiger partial charge in [-0.15, -0.1) is 0 Å². The largest absolute Gasteiger partial charge is 0.744 e. The molecule has 0 N–H and O–H groups in total. The molecular formula is CHF2O3S-. The second-order valence-corrected chi connectivity index (χ2v) is 2.10. The molecule has 0 aromatic carbocycles. The minimum Gasteiger partial charge on any atom is -0.744 e. The van der Waals surface area contributed by atoms with Crippen molar-refractivity contribution in [3.63, 3.8) is 0 Å². The van der Waals surface area contributed by atoms with Crippen molar-refractivity contribution in [2.24, 2.45) is 0 Å². The molecule has 0 unspecified atom stereocenters. The Bertz CT molecular complexity index is 135. The van der Waals surface area contributed by atoms with Crippen LogP contribution in [0.4, 0.5) is 8.78 Å². The molecule has 0 fully saturated rings. The van der Waals surface area contributed by atoms with Gasteiger partial charge < -0.3 is 4.55 Å². The zero-order valence-electron chi connectivity index (χ0n) is 2.97. The van der Waals surface area contributed by atoms with Crippen molar-refractivity contribution >= 4 is 10.1 Å². The first kappa shape index (κ1) is 6.77. The monoisotopic (exact) mass is 131 g/mol. The van der Waals surface area contributed by atoms with Crippen LogP contribution in [0.25, 0.3) is 0 Å². The van der Waals surface area contributed by atoms with E-state index in [4.69, 9.17) is 13.0 Å². The lowest BCUT2D eigenvalue weighted by molar-refractivity contribution is 0.215. The van der Waals surface area contributed by atoms with E-state index in [-0.39, 0.29) is 0 Å². The third-order valence-corrected chi connectivity index (χ3v) is 0.655. The molecule has 0 saturated carbocycles. The van der Waals surface area contributed by atoms with E-state index in [0.29, 0.717) is 0 Å². The molecular weight excluding hydrogens is 130 g/mol. The highest BCUT2D eigenvalue weighted by Crippen LogP contribution is 1.98. The normalized spacial score (nSPS) is 12.6. The standard InChI is InChI=1S/CH2F2O3S/c2-1(3)7(4,5)6/h1H,(H,4,5,6)/p-1. The lowest BCUT2D eigenvalue weighted by atomic mass is 11.7. The summed E-state index contributed by atoms with van der Waals surface area (Å²) in [6.07, 6.45) is 0. The Kier molecular flexibility index (Phi) is 1.65. The van der Waals surface area contributed by atoms with Gasteiger partial charge in [0.15, 0.2) is 10.1 Å². The lowest BCUT2D eigenvalue weighted by Crippen LogP contribution is -2.08. The van der Waals surface area contributed by atoms with Crippen molar-refractivity contribution in [1.82, 2.24) is 0 Å². The number of rotatable bonds is 1. The zero-order chi connectivity index (χ0) is 6.08. The number of alkyl halides is 2. The zero-order valence-corrected chi connectivity index (χ0v) is 3.78. The van der Waals surface area contributed by atoms with Crippen LogP contribution in [0.2, 0.25) is 0 Å². The SMILES string of the molecule is O=S(=O)([O-])C(F)F. The molecule has 0 bridgehead atoms. The van der Waals surface area contributed by atoms with Crippen LogP contribution in [0.3, 0.4) is 0 Å². The molecule has 7 heavy (non-hydrogen) atoms. The summed E-state index contributed by atoms with van der Waals surface area (Å²) in [7, 11) is -5.32. The van der Waals surface area contributed by atoms with Gasteiger partial charge in [-0.25, -0.2) is 8.42 Å². The summed E-state index contributed by atoms with van der Waals surface area (Å²) in [5, 5.41) is 0. The van der Waals surface area contributed by atoms with Gasteiger partial charge in [-0.05, 0) is 0 Å². The van der Waals surface area contributed by atoms with Crippen LogP contribution in [0.5, 0.6) is 0 Å². The van der Waals surface area contributed by atoms with Crippen LogP contribution in [0.1, 0.15) is 0 Å². The predicted molar refractivity (Wildman–Crippen MR) is 15.7 cm³/mol. The fourth-order valence-corrected chi connectivity index (χ4v) is 0. The van der Waals surface area contributed by atoms with Crippen LogP contribution in [-0.2, 0) is 10.1 Å². The van der Waals surface area contributed by atoms with Crippen LogP contribution >= 0.6 is 0 Å². The van der Waals surface area contributed by atoms with Crippen LogP contribution in [0, 0.1) is 0 Å². The van der Waals surface area contributed by atoms with E-state index in [9.17, 15) is 8.78 Å². The number of hydrogen-bond acceptors (Lipinski definition) is 3. The molecule has 0 saturated heterocycles. The summed E-state index contributed by atoms with van der Waals surface area (Å²) >= 11 is 0. The Labute approximate surface area is 38.7 Å². The van der Waals surface area contributed by atoms with Crippen LogP contribution < -0.4 is 0 Å². The van der Waals surface area contributed by atoms with Gasteiger partial charge >= 0.3 is 5.76 Å². The summed E-state index contributed by atoms with van der Waals surface area (Å²) in [6, 6.07) is 0. The molecule has 44 valence electrons. The molecule has 3 nitrogen and oxygen atoms in total. The summed E-state index contributed by atoms with van der Waals surface area (Å²) in [5.74, 6) is -3.78. The van der Waals surface area contributed by atoms with Gasteiger partial charge in [0, 0.05) is 0 Å². The van der Waals surface area contributed by atoms with Gasteiger partial charge in [-0.1, -0.05) is 0 Å². The first-order valence-corrected chi connectivity index (χ1v) is 2.64. The smallest absolute Gasteiger partial charge is 0.325 e. The quantitative estimate of drug-likeness (QED) is 0.461. The summed E-state index contributed by atoms with van der Waals surface area (Å²) in [4.78, 5) is 0. The first-order chi connectivity index (χ1) is 2.94. The van der Waals surface area contributed by atoms with Crippen molar-refractivity contribution in [2.75, 3.05) is 0 Å². The van der Waals surface area contributed by atoms with E-state index < -0.39 is 15.9 Å². The van der Waals surface area contributed by atoms with Gasteiger partial charge in [0.1, 0.15) is 0 Å². The Hall–Kier alpha value is -0.230. The molecule has 0 aliphatic carbocycles. The number of hydrogen-bond donors (Lipinski definition) is 0. The maximum absolute atomic E-state index is 10.6. The van der Waals surface area contributed by atoms with Gasteiger partial charge in [0.25, 0.3) is 0 Å². The van der Waals surface area contributed by atoms with E-state index in [1.165, 1.54) is 0 Å². The van der Waals surface area contributed by atoms with Crippen LogP contribution in [-0.4, -0.2) is 18.7 Å². The van der Waals surface area contributed by atoms with Gasteiger partial charge in [-0.3, -0.25) is 0 Å². The third kappa shape index (κ3) is 2.46. The maximum atomic E-state index is 10.6. The summed E-state index contributed by atoms with van der Waals surface area (Å²) in [5.41, 5.74) is 0. The van der Waals surface area contributed by atoms with E-state index in [2.05, 4.69) is 0 Å². The highest BCUT2D eigenvalue weighted by molar-refractivity contribution is 7.86. The molecule has 0 aliphatic rings. The van der Waals surface area contributed by atoms with Crippen molar-refractivity contribution in [3.05, 3.63) is 0 Å². The molecule has 6 heteroatoms. The van der Waals surface area contributed by atoms with E-state index in [1.54, 1.807) is 0 Å². The Balaban J connectivity index is 4.10. The second kappa shape index (κ2) is 1.71. The fraction of sp³-hybridized carbons (Fsp3) is 1.00. The van der Waals surface area contributed by atoms with Crippen molar-refractivity contribution in [2.45, 2.75) is 5.76 Å². The van der Waals surface area contributed by atoms with E-state index >= 15 is 0 Å². The predicted octanol–water partition coefficient (Wildman–Crippen LogP) is -0.246. The Morgan fingerprint density at radius 2 is 1.57 bits per heavy atom. The maximum Gasteiger partial charge on any atom is 0.325 e. The molecule has 0 radical (unpaired) electrons. The average Bonchev–Trinajstić information content (AvgIpc) is 1.31. The summed E-state index contributed by atoms with van der Waals surface area (Å²) in [6.45, 7) is 0. The molecule has 0 aromatic rings. The van der Waals surface area contributed by atoms with Crippen molar-refractivity contribution < 1.29 is 21.8 Å². The number of halogens is 2. The second-order valence-electron chi connectivity index (χ2n) is 0.753. The Morgan fingerprint density at radius 1 is 1.43 bits per heavy atom. The molecule has 0 amide bonds. The molecule has 0 atom stereocenters. The average molecular weight is 131 g/mol. The third-order valence-electron chi connectivity index (χ3n) is 0.218.